The Kier molecular flexibility index (Phi) is 6.51. The molecule has 0 aromatic heterocycles. The normalized spacial score (nSPS) is 15.3. The minimum Gasteiger partial charge on any atom is -0.335 e. The van der Waals surface area contributed by atoms with E-state index in [2.05, 4.69) is 66.8 Å². The number of rotatable bonds is 6. The van der Waals surface area contributed by atoms with Crippen LogP contribution in [0.5, 0.6) is 0 Å². The lowest BCUT2D eigenvalue weighted by Gasteiger charge is -2.29. The van der Waals surface area contributed by atoms with E-state index >= 15 is 0 Å². The van der Waals surface area contributed by atoms with Crippen LogP contribution >= 0.6 is 0 Å². The van der Waals surface area contributed by atoms with Gasteiger partial charge in [-0.15, -0.1) is 0 Å². The largest absolute Gasteiger partial charge is 0.335 e. The van der Waals surface area contributed by atoms with E-state index in [1.165, 1.54) is 35.6 Å². The minimum absolute atomic E-state index is 0.0756. The highest BCUT2D eigenvalue weighted by Crippen LogP contribution is 2.21. The Bertz CT molecular complexity index is 717. The number of hydrogen-bond donors (Lipinski definition) is 1. The third-order valence-electron chi connectivity index (χ3n) is 5.28. The topological polar surface area (TPSA) is 35.6 Å². The second-order valence-corrected chi connectivity index (χ2v) is 7.65. The van der Waals surface area contributed by atoms with E-state index in [9.17, 15) is 4.79 Å². The molecular weight excluding hydrogens is 322 g/mol. The summed E-state index contributed by atoms with van der Waals surface area (Å²) in [6.45, 7) is 2.24. The van der Waals surface area contributed by atoms with E-state index in [0.29, 0.717) is 12.6 Å². The first kappa shape index (κ1) is 18.7. The van der Waals surface area contributed by atoms with E-state index < -0.39 is 0 Å². The van der Waals surface area contributed by atoms with Gasteiger partial charge in [-0.3, -0.25) is 0 Å². The summed E-state index contributed by atoms with van der Waals surface area (Å²) in [5, 5.41) is 5.74. The highest BCUT2D eigenvalue weighted by Gasteiger charge is 2.20. The van der Waals surface area contributed by atoms with Crippen LogP contribution in [0.1, 0.15) is 37.7 Å². The molecule has 0 heterocycles. The zero-order valence-electron chi connectivity index (χ0n) is 16.1. The third kappa shape index (κ3) is 4.98. The predicted octanol–water partition coefficient (Wildman–Crippen LogP) is 4.25. The van der Waals surface area contributed by atoms with E-state index in [0.717, 1.165) is 25.9 Å². The van der Waals surface area contributed by atoms with Gasteiger partial charge in [-0.25, -0.2) is 4.79 Å². The fourth-order valence-electron chi connectivity index (χ4n) is 3.72. The summed E-state index contributed by atoms with van der Waals surface area (Å²) in [5.74, 6) is 0. The Morgan fingerprint density at radius 2 is 1.73 bits per heavy atom. The highest BCUT2D eigenvalue weighted by molar-refractivity contribution is 5.86. The molecule has 1 fully saturated rings. The van der Waals surface area contributed by atoms with Crippen molar-refractivity contribution in [3.63, 3.8) is 0 Å². The van der Waals surface area contributed by atoms with Crippen LogP contribution in [-0.2, 0) is 6.54 Å². The van der Waals surface area contributed by atoms with Gasteiger partial charge in [0.25, 0.3) is 0 Å². The molecule has 1 aliphatic rings. The summed E-state index contributed by atoms with van der Waals surface area (Å²) in [6.07, 6.45) is 5.98. The maximum absolute atomic E-state index is 13.0. The van der Waals surface area contributed by atoms with Crippen molar-refractivity contribution in [3.8, 4) is 0 Å². The second-order valence-electron chi connectivity index (χ2n) is 7.65. The van der Waals surface area contributed by atoms with Gasteiger partial charge >= 0.3 is 6.03 Å². The predicted molar refractivity (Wildman–Crippen MR) is 108 cm³/mol. The number of urea groups is 1. The van der Waals surface area contributed by atoms with Crippen molar-refractivity contribution in [2.24, 2.45) is 0 Å². The molecule has 1 N–H and O–H groups in total. The van der Waals surface area contributed by atoms with Crippen molar-refractivity contribution in [2.75, 3.05) is 27.2 Å². The Morgan fingerprint density at radius 3 is 2.50 bits per heavy atom. The average Bonchev–Trinajstić information content (AvgIpc) is 2.65. The van der Waals surface area contributed by atoms with Crippen LogP contribution in [0.15, 0.2) is 42.5 Å². The van der Waals surface area contributed by atoms with Crippen LogP contribution in [0.4, 0.5) is 4.79 Å². The number of likely N-dealkylation sites (N-methyl/N-ethyl adjacent to an activating group) is 1. The van der Waals surface area contributed by atoms with Gasteiger partial charge in [0.1, 0.15) is 0 Å². The number of fused-ring (bicyclic) bond motifs is 1. The van der Waals surface area contributed by atoms with Crippen LogP contribution in [0.25, 0.3) is 10.8 Å². The Hall–Kier alpha value is -2.07. The van der Waals surface area contributed by atoms with E-state index in [4.69, 9.17) is 0 Å². The van der Waals surface area contributed by atoms with Crippen LogP contribution in [0, 0.1) is 0 Å². The second kappa shape index (κ2) is 9.04. The van der Waals surface area contributed by atoms with Gasteiger partial charge in [0.05, 0.1) is 0 Å². The zero-order chi connectivity index (χ0) is 18.4. The van der Waals surface area contributed by atoms with Crippen LogP contribution in [0.3, 0.4) is 0 Å². The molecule has 1 aliphatic carbocycles. The summed E-state index contributed by atoms with van der Waals surface area (Å²) >= 11 is 0. The molecule has 1 saturated carbocycles. The molecule has 4 nitrogen and oxygen atoms in total. The van der Waals surface area contributed by atoms with Crippen molar-refractivity contribution < 1.29 is 4.79 Å². The summed E-state index contributed by atoms with van der Waals surface area (Å²) in [7, 11) is 4.10. The Balaban J connectivity index is 1.75. The molecule has 0 unspecified atom stereocenters. The molecular formula is C22H31N3O. The first-order valence-electron chi connectivity index (χ1n) is 9.80. The molecule has 0 aliphatic heterocycles. The number of benzene rings is 2. The van der Waals surface area contributed by atoms with Crippen molar-refractivity contribution in [3.05, 3.63) is 48.0 Å². The Morgan fingerprint density at radius 1 is 1.00 bits per heavy atom. The molecule has 2 aromatic carbocycles. The number of hydrogen-bond acceptors (Lipinski definition) is 2. The van der Waals surface area contributed by atoms with E-state index in [1.807, 2.05) is 4.90 Å². The maximum atomic E-state index is 13.0. The van der Waals surface area contributed by atoms with Crippen LogP contribution in [-0.4, -0.2) is 49.1 Å². The lowest BCUT2D eigenvalue weighted by atomic mass is 9.96. The molecule has 140 valence electrons. The lowest BCUT2D eigenvalue weighted by molar-refractivity contribution is 0.181. The molecule has 0 radical (unpaired) electrons. The quantitative estimate of drug-likeness (QED) is 0.843. The molecule has 2 amide bonds. The van der Waals surface area contributed by atoms with Crippen molar-refractivity contribution in [1.29, 1.82) is 0 Å². The summed E-state index contributed by atoms with van der Waals surface area (Å²) < 4.78 is 0. The number of nitrogens with one attached hydrogen (secondary N) is 1. The summed E-state index contributed by atoms with van der Waals surface area (Å²) in [5.41, 5.74) is 1.21. The summed E-state index contributed by atoms with van der Waals surface area (Å²) in [4.78, 5) is 17.1. The van der Waals surface area contributed by atoms with Crippen molar-refractivity contribution in [1.82, 2.24) is 15.1 Å². The molecule has 0 spiro atoms. The molecule has 2 aromatic rings. The van der Waals surface area contributed by atoms with Crippen molar-refractivity contribution in [2.45, 2.75) is 44.7 Å². The number of carbonyl (C=O) groups is 1. The fourth-order valence-corrected chi connectivity index (χ4v) is 3.72. The number of carbonyl (C=O) groups excluding carboxylic acids is 1. The van der Waals surface area contributed by atoms with Crippen LogP contribution in [0.2, 0.25) is 0 Å². The lowest BCUT2D eigenvalue weighted by Crippen LogP contribution is -2.47. The summed E-state index contributed by atoms with van der Waals surface area (Å²) in [6, 6.07) is 15.2. The first-order chi connectivity index (χ1) is 12.6. The smallest absolute Gasteiger partial charge is 0.317 e. The molecule has 0 saturated heterocycles. The van der Waals surface area contributed by atoms with Gasteiger partial charge in [-0.1, -0.05) is 61.7 Å². The number of nitrogens with zero attached hydrogens (tertiary/aromatic N) is 2. The molecule has 3 rings (SSSR count). The van der Waals surface area contributed by atoms with Gasteiger partial charge in [0, 0.05) is 25.7 Å². The minimum atomic E-state index is 0.0756. The van der Waals surface area contributed by atoms with E-state index in [1.54, 1.807) is 0 Å². The highest BCUT2D eigenvalue weighted by atomic mass is 16.2. The van der Waals surface area contributed by atoms with Gasteiger partial charge in [-0.2, -0.15) is 0 Å². The fraction of sp³-hybridized carbons (Fsp3) is 0.500. The standard InChI is InChI=1S/C22H31N3O/c1-24(2)15-16-25(22(26)23-20-12-4-3-5-13-20)17-19-11-8-10-18-9-6-7-14-21(18)19/h6-11,14,20H,3-5,12-13,15-17H2,1-2H3,(H,23,26). The zero-order valence-corrected chi connectivity index (χ0v) is 16.1. The third-order valence-corrected chi connectivity index (χ3v) is 5.28. The van der Waals surface area contributed by atoms with Crippen molar-refractivity contribution >= 4 is 16.8 Å². The van der Waals surface area contributed by atoms with Crippen LogP contribution < -0.4 is 5.32 Å². The van der Waals surface area contributed by atoms with Gasteiger partial charge in [0.15, 0.2) is 0 Å². The Labute approximate surface area is 157 Å². The molecule has 26 heavy (non-hydrogen) atoms. The monoisotopic (exact) mass is 353 g/mol. The molecule has 4 heteroatoms. The van der Waals surface area contributed by atoms with E-state index in [-0.39, 0.29) is 6.03 Å². The van der Waals surface area contributed by atoms with Gasteiger partial charge in [-0.05, 0) is 43.3 Å². The molecule has 0 atom stereocenters. The maximum Gasteiger partial charge on any atom is 0.317 e. The molecule has 0 bridgehead atoms. The average molecular weight is 354 g/mol. The first-order valence-corrected chi connectivity index (χ1v) is 9.80. The SMILES string of the molecule is CN(C)CCN(Cc1cccc2ccccc12)C(=O)NC1CCCCC1. The van der Waals surface area contributed by atoms with Gasteiger partial charge < -0.3 is 15.1 Å². The van der Waals surface area contributed by atoms with Gasteiger partial charge in [0.2, 0.25) is 0 Å². The number of amides is 2.